The summed E-state index contributed by atoms with van der Waals surface area (Å²) in [5.74, 6) is -0.564. The number of para-hydroxylation sites is 2. The molecule has 0 saturated heterocycles. The summed E-state index contributed by atoms with van der Waals surface area (Å²) in [6.45, 7) is 3.24. The third kappa shape index (κ3) is 8.06. The number of carbonyl (C=O) groups excluding carboxylic acids is 2. The smallest absolute Gasteiger partial charge is 0.264 e. The van der Waals surface area contributed by atoms with Gasteiger partial charge in [0.2, 0.25) is 11.8 Å². The zero-order valence-electron chi connectivity index (χ0n) is 25.0. The lowest BCUT2D eigenvalue weighted by atomic mass is 9.95. The van der Waals surface area contributed by atoms with Crippen LogP contribution in [0.4, 0.5) is 5.69 Å². The predicted molar refractivity (Wildman–Crippen MR) is 175 cm³/mol. The van der Waals surface area contributed by atoms with Crippen LogP contribution in [0.2, 0.25) is 10.0 Å². The van der Waals surface area contributed by atoms with E-state index in [0.717, 1.165) is 36.4 Å². The van der Waals surface area contributed by atoms with Gasteiger partial charge in [0.1, 0.15) is 18.3 Å². The van der Waals surface area contributed by atoms with Gasteiger partial charge in [-0.05, 0) is 62.6 Å². The van der Waals surface area contributed by atoms with E-state index in [1.807, 2.05) is 6.92 Å². The molecule has 0 heterocycles. The molecule has 1 saturated carbocycles. The lowest BCUT2D eigenvalue weighted by molar-refractivity contribution is -0.140. The summed E-state index contributed by atoms with van der Waals surface area (Å²) in [5, 5.41) is 3.82. The maximum Gasteiger partial charge on any atom is 0.264 e. The molecule has 0 aliphatic heterocycles. The van der Waals surface area contributed by atoms with Crippen molar-refractivity contribution in [3.05, 3.63) is 88.4 Å². The molecule has 0 aromatic heterocycles. The Hall–Kier alpha value is -3.27. The first kappa shape index (κ1) is 33.6. The van der Waals surface area contributed by atoms with E-state index in [9.17, 15) is 18.0 Å². The molecule has 1 fully saturated rings. The van der Waals surface area contributed by atoms with Crippen molar-refractivity contribution in [2.24, 2.45) is 0 Å². The van der Waals surface area contributed by atoms with Gasteiger partial charge in [-0.3, -0.25) is 13.9 Å². The average Bonchev–Trinajstić information content (AvgIpc) is 3.02. The van der Waals surface area contributed by atoms with Crippen molar-refractivity contribution >= 4 is 50.7 Å². The molecule has 3 aromatic carbocycles. The summed E-state index contributed by atoms with van der Waals surface area (Å²) >= 11 is 13.1. The molecule has 236 valence electrons. The molecule has 11 heteroatoms. The summed E-state index contributed by atoms with van der Waals surface area (Å²) < 4.78 is 35.1. The molecule has 1 atom stereocenters. The molecule has 1 N–H and O–H groups in total. The number of halogens is 2. The monoisotopic (exact) mass is 659 g/mol. The third-order valence-corrected chi connectivity index (χ3v) is 10.3. The number of hydrogen-bond acceptors (Lipinski definition) is 5. The summed E-state index contributed by atoms with van der Waals surface area (Å²) in [7, 11) is -4.23. The second-order valence-corrected chi connectivity index (χ2v) is 13.4. The Labute approximate surface area is 270 Å². The van der Waals surface area contributed by atoms with E-state index >= 15 is 0 Å². The summed E-state index contributed by atoms with van der Waals surface area (Å²) in [5.41, 5.74) is 0.683. The van der Waals surface area contributed by atoms with Crippen molar-refractivity contribution in [3.8, 4) is 5.75 Å². The molecule has 0 bridgehead atoms. The predicted octanol–water partition coefficient (Wildman–Crippen LogP) is 6.84. The number of hydrogen-bond donors (Lipinski definition) is 1. The van der Waals surface area contributed by atoms with Crippen LogP contribution in [0.1, 0.15) is 57.9 Å². The molecule has 4 rings (SSSR count). The Morgan fingerprint density at radius 3 is 2.18 bits per heavy atom. The van der Waals surface area contributed by atoms with Crippen molar-refractivity contribution in [2.75, 3.05) is 17.5 Å². The molecule has 2 amide bonds. The van der Waals surface area contributed by atoms with Gasteiger partial charge in [-0.15, -0.1) is 0 Å². The quantitative estimate of drug-likeness (QED) is 0.217. The van der Waals surface area contributed by atoms with Crippen LogP contribution in [-0.4, -0.2) is 50.4 Å². The topological polar surface area (TPSA) is 96.0 Å². The standard InChI is InChI=1S/C33H39Cl2N3O5S/c1-3-29(33(40)36-24-14-7-5-8-15-24)37(22-26-27(34)18-13-19-28(26)35)32(39)23-38(30-20-11-12-21-31(30)43-4-2)44(41,42)25-16-9-6-10-17-25/h6,9-13,16-21,24,29H,3-5,7-8,14-15,22-23H2,1-2H3,(H,36,40)/t29-/m1/s1. The molecule has 1 aliphatic rings. The number of nitrogens with one attached hydrogen (secondary N) is 1. The summed E-state index contributed by atoms with van der Waals surface area (Å²) in [6.07, 6.45) is 5.26. The number of sulfonamides is 1. The van der Waals surface area contributed by atoms with Gasteiger partial charge in [-0.1, -0.05) is 85.8 Å². The van der Waals surface area contributed by atoms with Gasteiger partial charge in [0, 0.05) is 28.2 Å². The number of anilines is 1. The minimum Gasteiger partial charge on any atom is -0.492 e. The van der Waals surface area contributed by atoms with Crippen LogP contribution in [-0.2, 0) is 26.2 Å². The minimum absolute atomic E-state index is 0.0156. The highest BCUT2D eigenvalue weighted by Crippen LogP contribution is 2.33. The number of carbonyl (C=O) groups is 2. The lowest BCUT2D eigenvalue weighted by Gasteiger charge is -2.35. The first-order valence-electron chi connectivity index (χ1n) is 15.0. The fourth-order valence-electron chi connectivity index (χ4n) is 5.49. The van der Waals surface area contributed by atoms with Gasteiger partial charge in [0.05, 0.1) is 17.2 Å². The van der Waals surface area contributed by atoms with E-state index in [1.165, 1.54) is 17.0 Å². The van der Waals surface area contributed by atoms with Crippen LogP contribution in [0.15, 0.2) is 77.7 Å². The largest absolute Gasteiger partial charge is 0.492 e. The number of ether oxygens (including phenoxy) is 1. The fraction of sp³-hybridized carbons (Fsp3) is 0.394. The highest BCUT2D eigenvalue weighted by Gasteiger charge is 2.35. The van der Waals surface area contributed by atoms with Gasteiger partial charge >= 0.3 is 0 Å². The zero-order chi connectivity index (χ0) is 31.7. The van der Waals surface area contributed by atoms with Gasteiger partial charge in [0.25, 0.3) is 10.0 Å². The second kappa shape index (κ2) is 15.6. The molecule has 0 spiro atoms. The third-order valence-electron chi connectivity index (χ3n) is 7.77. The van der Waals surface area contributed by atoms with Crippen molar-refractivity contribution < 1.29 is 22.7 Å². The maximum atomic E-state index is 14.4. The van der Waals surface area contributed by atoms with Crippen molar-refractivity contribution in [2.45, 2.75) is 75.9 Å². The Balaban J connectivity index is 1.77. The van der Waals surface area contributed by atoms with Crippen LogP contribution >= 0.6 is 23.2 Å². The summed E-state index contributed by atoms with van der Waals surface area (Å²) in [4.78, 5) is 29.6. The van der Waals surface area contributed by atoms with Gasteiger partial charge in [-0.25, -0.2) is 8.42 Å². The molecule has 0 unspecified atom stereocenters. The average molecular weight is 661 g/mol. The Morgan fingerprint density at radius 1 is 0.909 bits per heavy atom. The van der Waals surface area contributed by atoms with Crippen LogP contribution in [0, 0.1) is 0 Å². The number of benzene rings is 3. The highest BCUT2D eigenvalue weighted by molar-refractivity contribution is 7.92. The van der Waals surface area contributed by atoms with E-state index in [2.05, 4.69) is 5.32 Å². The van der Waals surface area contributed by atoms with E-state index in [1.54, 1.807) is 67.6 Å². The van der Waals surface area contributed by atoms with Crippen LogP contribution < -0.4 is 14.4 Å². The van der Waals surface area contributed by atoms with Crippen LogP contribution in [0.3, 0.4) is 0 Å². The molecule has 1 aliphatic carbocycles. The van der Waals surface area contributed by atoms with Crippen molar-refractivity contribution in [1.82, 2.24) is 10.2 Å². The van der Waals surface area contributed by atoms with E-state index in [4.69, 9.17) is 27.9 Å². The molecule has 3 aromatic rings. The first-order valence-corrected chi connectivity index (χ1v) is 17.2. The molecular weight excluding hydrogens is 621 g/mol. The fourth-order valence-corrected chi connectivity index (χ4v) is 7.45. The van der Waals surface area contributed by atoms with E-state index < -0.39 is 28.5 Å². The van der Waals surface area contributed by atoms with Gasteiger partial charge < -0.3 is 15.0 Å². The van der Waals surface area contributed by atoms with Crippen molar-refractivity contribution in [1.29, 1.82) is 0 Å². The van der Waals surface area contributed by atoms with E-state index in [-0.39, 0.29) is 29.1 Å². The Kier molecular flexibility index (Phi) is 11.9. The summed E-state index contributed by atoms with van der Waals surface area (Å²) in [6, 6.07) is 18.8. The van der Waals surface area contributed by atoms with E-state index in [0.29, 0.717) is 34.4 Å². The normalized spacial score (nSPS) is 14.5. The SMILES string of the molecule is CCOc1ccccc1N(CC(=O)N(Cc1c(Cl)cccc1Cl)[C@H](CC)C(=O)NC1CCCCC1)S(=O)(=O)c1ccccc1. The highest BCUT2D eigenvalue weighted by atomic mass is 35.5. The zero-order valence-corrected chi connectivity index (χ0v) is 27.4. The first-order chi connectivity index (χ1) is 21.2. The molecule has 44 heavy (non-hydrogen) atoms. The number of amides is 2. The van der Waals surface area contributed by atoms with Gasteiger partial charge in [-0.2, -0.15) is 0 Å². The lowest BCUT2D eigenvalue weighted by Crippen LogP contribution is -2.54. The Morgan fingerprint density at radius 2 is 1.55 bits per heavy atom. The molecule has 8 nitrogen and oxygen atoms in total. The molecule has 0 radical (unpaired) electrons. The van der Waals surface area contributed by atoms with Gasteiger partial charge in [0.15, 0.2) is 0 Å². The van der Waals surface area contributed by atoms with Crippen molar-refractivity contribution in [3.63, 3.8) is 0 Å². The molecular formula is C33H39Cl2N3O5S. The number of nitrogens with zero attached hydrogens (tertiary/aromatic N) is 2. The second-order valence-electron chi connectivity index (χ2n) is 10.7. The maximum absolute atomic E-state index is 14.4. The van der Waals surface area contributed by atoms with Crippen LogP contribution in [0.25, 0.3) is 0 Å². The van der Waals surface area contributed by atoms with Crippen LogP contribution in [0.5, 0.6) is 5.75 Å². The Bertz CT molecular complexity index is 1510. The number of rotatable bonds is 13. The minimum atomic E-state index is -4.23.